The van der Waals surface area contributed by atoms with Crippen LogP contribution in [0.25, 0.3) is 0 Å². The number of nitrogens with one attached hydrogen (secondary N) is 1. The van der Waals surface area contributed by atoms with Crippen LogP contribution >= 0.6 is 0 Å². The maximum Gasteiger partial charge on any atom is 0.271 e. The molecule has 2 amide bonds. The minimum atomic E-state index is -4.12. The highest BCUT2D eigenvalue weighted by Gasteiger charge is 2.33. The van der Waals surface area contributed by atoms with Crippen molar-refractivity contribution < 1.29 is 32.4 Å². The summed E-state index contributed by atoms with van der Waals surface area (Å²) in [6.07, 6.45) is 1.15. The van der Waals surface area contributed by atoms with Gasteiger partial charge in [-0.05, 0) is 36.1 Å². The summed E-state index contributed by atoms with van der Waals surface area (Å²) in [4.78, 5) is 39.0. The molecule has 2 rings (SSSR count). The van der Waals surface area contributed by atoms with Crippen molar-refractivity contribution in [2.24, 2.45) is 5.92 Å². The maximum absolute atomic E-state index is 13.8. The van der Waals surface area contributed by atoms with E-state index in [9.17, 15) is 28.1 Å². The highest BCUT2D eigenvalue weighted by Crippen LogP contribution is 2.34. The molecule has 39 heavy (non-hydrogen) atoms. The van der Waals surface area contributed by atoms with Gasteiger partial charge in [-0.25, -0.2) is 8.42 Å². The minimum Gasteiger partial charge on any atom is -0.497 e. The molecular weight excluding hydrogens is 528 g/mol. The van der Waals surface area contributed by atoms with Crippen LogP contribution in [0.1, 0.15) is 32.8 Å². The van der Waals surface area contributed by atoms with Crippen molar-refractivity contribution in [2.75, 3.05) is 37.9 Å². The zero-order valence-electron chi connectivity index (χ0n) is 23.0. The molecule has 0 aromatic heterocycles. The number of nitro groups is 1. The van der Waals surface area contributed by atoms with Gasteiger partial charge >= 0.3 is 0 Å². The lowest BCUT2D eigenvalue weighted by molar-refractivity contribution is -0.384. The van der Waals surface area contributed by atoms with Crippen LogP contribution < -0.4 is 19.1 Å². The topological polar surface area (TPSA) is 148 Å². The van der Waals surface area contributed by atoms with Crippen LogP contribution in [0.2, 0.25) is 0 Å². The van der Waals surface area contributed by atoms with Gasteiger partial charge in [-0.2, -0.15) is 0 Å². The Morgan fingerprint density at radius 3 is 2.33 bits per heavy atom. The predicted molar refractivity (Wildman–Crippen MR) is 147 cm³/mol. The van der Waals surface area contributed by atoms with Crippen molar-refractivity contribution in [2.45, 2.75) is 39.8 Å². The number of hydrogen-bond donors (Lipinski definition) is 1. The largest absolute Gasteiger partial charge is 0.497 e. The SMILES string of the molecule is CC[C@@H](C(=O)NCC(C)C)N(Cc1cccc(OC)c1)C(=O)CN(c1cc([N+](=O)[O-])ccc1OC)S(C)(=O)=O. The van der Waals surface area contributed by atoms with Gasteiger partial charge in [0.25, 0.3) is 5.69 Å². The van der Waals surface area contributed by atoms with Gasteiger partial charge in [0.2, 0.25) is 21.8 Å². The molecular formula is C26H36N4O8S. The Hall–Kier alpha value is -3.87. The number of hydrogen-bond acceptors (Lipinski definition) is 8. The van der Waals surface area contributed by atoms with E-state index in [-0.39, 0.29) is 41.9 Å². The van der Waals surface area contributed by atoms with Gasteiger partial charge in [-0.1, -0.05) is 32.9 Å². The van der Waals surface area contributed by atoms with Gasteiger partial charge in [0, 0.05) is 25.2 Å². The molecule has 1 N–H and O–H groups in total. The Balaban J connectivity index is 2.56. The van der Waals surface area contributed by atoms with Crippen molar-refractivity contribution in [1.82, 2.24) is 10.2 Å². The molecule has 0 aliphatic rings. The average Bonchev–Trinajstić information content (AvgIpc) is 2.89. The van der Waals surface area contributed by atoms with Gasteiger partial charge in [-0.15, -0.1) is 0 Å². The second-order valence-electron chi connectivity index (χ2n) is 9.32. The molecule has 0 spiro atoms. The molecule has 12 nitrogen and oxygen atoms in total. The van der Waals surface area contributed by atoms with Gasteiger partial charge in [0.1, 0.15) is 29.8 Å². The number of sulfonamides is 1. The number of nitro benzene ring substituents is 1. The molecule has 0 fully saturated rings. The molecule has 1 atom stereocenters. The average molecular weight is 565 g/mol. The van der Waals surface area contributed by atoms with Gasteiger partial charge < -0.3 is 19.7 Å². The lowest BCUT2D eigenvalue weighted by Gasteiger charge is -2.33. The predicted octanol–water partition coefficient (Wildman–Crippen LogP) is 2.96. The zero-order valence-corrected chi connectivity index (χ0v) is 23.9. The standard InChI is InChI=1S/C26H36N4O8S/c1-7-22(26(32)27-15-18(2)3)28(16-19-9-8-10-21(13-19)37-4)25(31)17-29(39(6,35)36)23-14-20(30(33)34)11-12-24(23)38-5/h8-14,18,22H,7,15-17H2,1-6H3,(H,27,32)/t22-/m0/s1. The number of methoxy groups -OCH3 is 2. The second-order valence-corrected chi connectivity index (χ2v) is 11.2. The molecule has 0 unspecified atom stereocenters. The van der Waals surface area contributed by atoms with E-state index < -0.39 is 33.4 Å². The number of carbonyl (C=O) groups is 2. The highest BCUT2D eigenvalue weighted by molar-refractivity contribution is 7.92. The number of amides is 2. The number of benzene rings is 2. The van der Waals surface area contributed by atoms with E-state index in [0.717, 1.165) is 16.6 Å². The fraction of sp³-hybridized carbons (Fsp3) is 0.462. The monoisotopic (exact) mass is 564 g/mol. The quantitative estimate of drug-likeness (QED) is 0.272. The Kier molecular flexibility index (Phi) is 11.1. The lowest BCUT2D eigenvalue weighted by atomic mass is 10.1. The number of anilines is 1. The third kappa shape index (κ3) is 8.57. The summed E-state index contributed by atoms with van der Waals surface area (Å²) >= 11 is 0. The van der Waals surface area contributed by atoms with E-state index in [4.69, 9.17) is 9.47 Å². The van der Waals surface area contributed by atoms with Crippen LogP contribution in [0.5, 0.6) is 11.5 Å². The first-order valence-electron chi connectivity index (χ1n) is 12.3. The van der Waals surface area contributed by atoms with Crippen LogP contribution in [0.4, 0.5) is 11.4 Å². The number of nitrogens with zero attached hydrogens (tertiary/aromatic N) is 3. The third-order valence-electron chi connectivity index (χ3n) is 5.88. The van der Waals surface area contributed by atoms with Crippen molar-refractivity contribution in [3.05, 3.63) is 58.1 Å². The van der Waals surface area contributed by atoms with Crippen LogP contribution in [0.15, 0.2) is 42.5 Å². The van der Waals surface area contributed by atoms with E-state index in [1.165, 1.54) is 31.3 Å². The van der Waals surface area contributed by atoms with Crippen LogP contribution in [0.3, 0.4) is 0 Å². The van der Waals surface area contributed by atoms with Crippen LogP contribution in [-0.4, -0.2) is 69.7 Å². The lowest BCUT2D eigenvalue weighted by Crippen LogP contribution is -2.52. The number of ether oxygens (including phenoxy) is 2. The summed E-state index contributed by atoms with van der Waals surface area (Å²) in [5, 5.41) is 14.2. The summed E-state index contributed by atoms with van der Waals surface area (Å²) in [5.41, 5.74) is 0.123. The summed E-state index contributed by atoms with van der Waals surface area (Å²) in [5.74, 6) is -0.295. The molecule has 0 bridgehead atoms. The first-order valence-corrected chi connectivity index (χ1v) is 14.2. The summed E-state index contributed by atoms with van der Waals surface area (Å²) in [7, 11) is -1.32. The number of non-ortho nitro benzene ring substituents is 1. The molecule has 2 aromatic carbocycles. The molecule has 0 aliphatic carbocycles. The number of rotatable bonds is 14. The number of carbonyl (C=O) groups excluding carboxylic acids is 2. The molecule has 0 saturated heterocycles. The van der Waals surface area contributed by atoms with Crippen molar-refractivity contribution in [3.8, 4) is 11.5 Å². The molecule has 0 radical (unpaired) electrons. The summed E-state index contributed by atoms with van der Waals surface area (Å²) < 4.78 is 37.0. The van der Waals surface area contributed by atoms with E-state index in [0.29, 0.717) is 17.9 Å². The van der Waals surface area contributed by atoms with Gasteiger partial charge in [0.15, 0.2) is 0 Å². The van der Waals surface area contributed by atoms with E-state index >= 15 is 0 Å². The normalized spacial score (nSPS) is 12.0. The summed E-state index contributed by atoms with van der Waals surface area (Å²) in [6.45, 7) is 5.31. The first-order chi connectivity index (χ1) is 18.3. The smallest absolute Gasteiger partial charge is 0.271 e. The van der Waals surface area contributed by atoms with Crippen molar-refractivity contribution >= 4 is 33.2 Å². The van der Waals surface area contributed by atoms with Crippen LogP contribution in [0, 0.1) is 16.0 Å². The van der Waals surface area contributed by atoms with E-state index in [1.807, 2.05) is 13.8 Å². The van der Waals surface area contributed by atoms with Crippen molar-refractivity contribution in [3.63, 3.8) is 0 Å². The fourth-order valence-electron chi connectivity index (χ4n) is 3.89. The molecule has 0 heterocycles. The highest BCUT2D eigenvalue weighted by atomic mass is 32.2. The maximum atomic E-state index is 13.8. The fourth-order valence-corrected chi connectivity index (χ4v) is 4.74. The van der Waals surface area contributed by atoms with E-state index in [1.54, 1.807) is 31.2 Å². The van der Waals surface area contributed by atoms with Crippen LogP contribution in [-0.2, 0) is 26.2 Å². The van der Waals surface area contributed by atoms with Gasteiger partial charge in [0.05, 0.1) is 25.4 Å². The van der Waals surface area contributed by atoms with E-state index in [2.05, 4.69) is 5.32 Å². The Morgan fingerprint density at radius 2 is 1.79 bits per heavy atom. The minimum absolute atomic E-state index is 0.00663. The summed E-state index contributed by atoms with van der Waals surface area (Å²) in [6, 6.07) is 9.53. The second kappa shape index (κ2) is 13.8. The zero-order chi connectivity index (χ0) is 29.3. The molecule has 214 valence electrons. The first kappa shape index (κ1) is 31.3. The third-order valence-corrected chi connectivity index (χ3v) is 7.01. The van der Waals surface area contributed by atoms with Gasteiger partial charge in [-0.3, -0.25) is 24.0 Å². The van der Waals surface area contributed by atoms with Crippen molar-refractivity contribution in [1.29, 1.82) is 0 Å². The Bertz CT molecular complexity index is 1280. The molecule has 13 heteroatoms. The molecule has 2 aromatic rings. The molecule has 0 saturated carbocycles. The Labute approximate surface area is 229 Å². The molecule has 0 aliphatic heterocycles. The Morgan fingerprint density at radius 1 is 1.10 bits per heavy atom.